The second-order valence-electron chi connectivity index (χ2n) is 5.67. The Morgan fingerprint density at radius 3 is 2.59 bits per heavy atom. The Hall–Kier alpha value is -3.37. The highest BCUT2D eigenvalue weighted by atomic mass is 32.1. The highest BCUT2D eigenvalue weighted by Gasteiger charge is 2.22. The Balaban J connectivity index is 1.78. The molecule has 1 aromatic heterocycles. The van der Waals surface area contributed by atoms with E-state index in [-0.39, 0.29) is 0 Å². The normalized spacial score (nSPS) is 11.4. The van der Waals surface area contributed by atoms with Gasteiger partial charge in [0.15, 0.2) is 6.10 Å². The van der Waals surface area contributed by atoms with Crippen molar-refractivity contribution in [2.75, 3.05) is 12.4 Å². The Labute approximate surface area is 159 Å². The van der Waals surface area contributed by atoms with E-state index in [9.17, 15) is 9.59 Å². The molecule has 1 heterocycles. The number of hydrogen-bond acceptors (Lipinski definition) is 6. The first-order valence-electron chi connectivity index (χ1n) is 8.10. The van der Waals surface area contributed by atoms with E-state index < -0.39 is 18.0 Å². The number of methoxy groups -OCH3 is 1. The average molecular weight is 380 g/mol. The van der Waals surface area contributed by atoms with E-state index in [2.05, 4.69) is 5.32 Å². The lowest BCUT2D eigenvalue weighted by Crippen LogP contribution is -2.30. The van der Waals surface area contributed by atoms with Crippen molar-refractivity contribution in [2.45, 2.75) is 13.0 Å². The van der Waals surface area contributed by atoms with E-state index in [0.717, 1.165) is 5.39 Å². The molecule has 3 aromatic rings. The Bertz CT molecular complexity index is 1050. The predicted octanol–water partition coefficient (Wildman–Crippen LogP) is 3.97. The number of nitrogens with zero attached hydrogens (tertiary/aromatic N) is 1. The smallest absolute Gasteiger partial charge is 0.339 e. The maximum atomic E-state index is 12.6. The lowest BCUT2D eigenvalue weighted by atomic mass is 10.0. The van der Waals surface area contributed by atoms with Gasteiger partial charge in [-0.15, -0.1) is 11.3 Å². The van der Waals surface area contributed by atoms with Crippen molar-refractivity contribution in [3.05, 3.63) is 59.0 Å². The minimum Gasteiger partial charge on any atom is -0.496 e. The van der Waals surface area contributed by atoms with Gasteiger partial charge in [-0.1, -0.05) is 24.3 Å². The Morgan fingerprint density at radius 2 is 1.89 bits per heavy atom. The van der Waals surface area contributed by atoms with Crippen LogP contribution in [0.5, 0.6) is 5.75 Å². The minimum atomic E-state index is -1.02. The second kappa shape index (κ2) is 7.89. The molecule has 0 aliphatic heterocycles. The molecule has 0 aliphatic carbocycles. The molecule has 1 N–H and O–H groups in total. The highest BCUT2D eigenvalue weighted by Crippen LogP contribution is 2.29. The second-order valence-corrected chi connectivity index (χ2v) is 6.59. The van der Waals surface area contributed by atoms with Crippen LogP contribution in [0.3, 0.4) is 0 Å². The molecular formula is C20H16N2O4S. The summed E-state index contributed by atoms with van der Waals surface area (Å²) >= 11 is 1.23. The summed E-state index contributed by atoms with van der Waals surface area (Å²) in [5.74, 6) is -0.460. The van der Waals surface area contributed by atoms with Crippen molar-refractivity contribution in [3.8, 4) is 11.8 Å². The van der Waals surface area contributed by atoms with Gasteiger partial charge in [0.2, 0.25) is 0 Å². The SMILES string of the molecule is COc1ccc(C(=O)O[C@@H](C)C(=O)Nc2sccc2C#N)c2ccccc12. The molecule has 0 saturated heterocycles. The quantitative estimate of drug-likeness (QED) is 0.677. The zero-order valence-corrected chi connectivity index (χ0v) is 15.5. The Morgan fingerprint density at radius 1 is 1.15 bits per heavy atom. The number of nitriles is 1. The molecule has 1 atom stereocenters. The molecule has 6 nitrogen and oxygen atoms in total. The third-order valence-corrected chi connectivity index (χ3v) is 4.83. The zero-order chi connectivity index (χ0) is 19.4. The topological polar surface area (TPSA) is 88.4 Å². The van der Waals surface area contributed by atoms with Crippen LogP contribution in [0.15, 0.2) is 47.8 Å². The van der Waals surface area contributed by atoms with Crippen LogP contribution in [0.1, 0.15) is 22.8 Å². The molecule has 0 aliphatic rings. The molecule has 27 heavy (non-hydrogen) atoms. The molecule has 0 unspecified atom stereocenters. The van der Waals surface area contributed by atoms with Crippen molar-refractivity contribution in [1.29, 1.82) is 5.26 Å². The number of hydrogen-bond donors (Lipinski definition) is 1. The minimum absolute atomic E-state index is 0.347. The summed E-state index contributed by atoms with van der Waals surface area (Å²) in [7, 11) is 1.56. The third-order valence-electron chi connectivity index (χ3n) is 4.00. The van der Waals surface area contributed by atoms with E-state index in [1.54, 1.807) is 36.8 Å². The molecule has 0 bridgehead atoms. The fraction of sp³-hybridized carbons (Fsp3) is 0.150. The molecule has 1 amide bonds. The van der Waals surface area contributed by atoms with Gasteiger partial charge in [0.1, 0.15) is 16.8 Å². The molecule has 7 heteroatoms. The van der Waals surface area contributed by atoms with Crippen LogP contribution in [0.2, 0.25) is 0 Å². The number of esters is 1. The van der Waals surface area contributed by atoms with Crippen LogP contribution < -0.4 is 10.1 Å². The third kappa shape index (κ3) is 3.76. The standard InChI is InChI=1S/C20H16N2O4S/c1-12(18(23)22-19-13(11-21)9-10-27-19)26-20(24)16-7-8-17(25-2)15-6-4-3-5-14(15)16/h3-10,12H,1-2H3,(H,22,23)/t12-/m0/s1. The van der Waals surface area contributed by atoms with Crippen LogP contribution >= 0.6 is 11.3 Å². The number of ether oxygens (including phenoxy) is 2. The first-order valence-corrected chi connectivity index (χ1v) is 8.98. The maximum absolute atomic E-state index is 12.6. The van der Waals surface area contributed by atoms with Crippen LogP contribution in [0, 0.1) is 11.3 Å². The van der Waals surface area contributed by atoms with Gasteiger partial charge in [0.05, 0.1) is 18.2 Å². The van der Waals surface area contributed by atoms with Gasteiger partial charge < -0.3 is 14.8 Å². The van der Waals surface area contributed by atoms with Gasteiger partial charge in [0.25, 0.3) is 5.91 Å². The summed E-state index contributed by atoms with van der Waals surface area (Å²) in [4.78, 5) is 24.9. The highest BCUT2D eigenvalue weighted by molar-refractivity contribution is 7.14. The summed E-state index contributed by atoms with van der Waals surface area (Å²) in [6.07, 6.45) is -1.02. The summed E-state index contributed by atoms with van der Waals surface area (Å²) < 4.78 is 10.7. The number of carbonyl (C=O) groups is 2. The molecule has 0 radical (unpaired) electrons. The number of nitrogens with one attached hydrogen (secondary N) is 1. The van der Waals surface area contributed by atoms with Gasteiger partial charge >= 0.3 is 5.97 Å². The van der Waals surface area contributed by atoms with Gasteiger partial charge in [-0.2, -0.15) is 5.26 Å². The summed E-state index contributed by atoms with van der Waals surface area (Å²) in [6, 6.07) is 14.2. The van der Waals surface area contributed by atoms with E-state index in [1.807, 2.05) is 24.3 Å². The maximum Gasteiger partial charge on any atom is 0.339 e. The summed E-state index contributed by atoms with van der Waals surface area (Å²) in [6.45, 7) is 1.48. The van der Waals surface area contributed by atoms with Gasteiger partial charge in [-0.25, -0.2) is 4.79 Å². The Kier molecular flexibility index (Phi) is 5.38. The number of fused-ring (bicyclic) bond motifs is 1. The number of carbonyl (C=O) groups excluding carboxylic acids is 2. The lowest BCUT2D eigenvalue weighted by Gasteiger charge is -2.15. The van der Waals surface area contributed by atoms with Crippen molar-refractivity contribution >= 4 is 39.0 Å². The molecule has 0 fully saturated rings. The molecule has 0 saturated carbocycles. The van der Waals surface area contributed by atoms with Crippen LogP contribution in [-0.2, 0) is 9.53 Å². The monoisotopic (exact) mass is 380 g/mol. The fourth-order valence-electron chi connectivity index (χ4n) is 2.61. The number of rotatable bonds is 5. The fourth-order valence-corrected chi connectivity index (χ4v) is 3.35. The number of benzene rings is 2. The number of anilines is 1. The first kappa shape index (κ1) is 18.4. The number of thiophene rings is 1. The van der Waals surface area contributed by atoms with E-state index >= 15 is 0 Å². The first-order chi connectivity index (χ1) is 13.0. The van der Waals surface area contributed by atoms with Crippen LogP contribution in [0.4, 0.5) is 5.00 Å². The van der Waals surface area contributed by atoms with Crippen molar-refractivity contribution in [3.63, 3.8) is 0 Å². The van der Waals surface area contributed by atoms with Gasteiger partial charge in [-0.3, -0.25) is 4.79 Å². The van der Waals surface area contributed by atoms with Crippen molar-refractivity contribution in [1.82, 2.24) is 0 Å². The molecule has 2 aromatic carbocycles. The van der Waals surface area contributed by atoms with Gasteiger partial charge in [0, 0.05) is 5.39 Å². The average Bonchev–Trinajstić information content (AvgIpc) is 3.13. The predicted molar refractivity (Wildman–Crippen MR) is 103 cm³/mol. The molecule has 0 spiro atoms. The van der Waals surface area contributed by atoms with Crippen LogP contribution in [-0.4, -0.2) is 25.1 Å². The number of amides is 1. The van der Waals surface area contributed by atoms with E-state index in [1.165, 1.54) is 18.3 Å². The van der Waals surface area contributed by atoms with Gasteiger partial charge in [-0.05, 0) is 35.9 Å². The van der Waals surface area contributed by atoms with Crippen molar-refractivity contribution < 1.29 is 19.1 Å². The van der Waals surface area contributed by atoms with Crippen molar-refractivity contribution in [2.24, 2.45) is 0 Å². The molecule has 3 rings (SSSR count). The molecule has 136 valence electrons. The largest absolute Gasteiger partial charge is 0.496 e. The lowest BCUT2D eigenvalue weighted by molar-refractivity contribution is -0.123. The molecular weight excluding hydrogens is 364 g/mol. The van der Waals surface area contributed by atoms with E-state index in [4.69, 9.17) is 14.7 Å². The summed E-state index contributed by atoms with van der Waals surface area (Å²) in [5.41, 5.74) is 0.716. The van der Waals surface area contributed by atoms with Crippen LogP contribution in [0.25, 0.3) is 10.8 Å². The summed E-state index contributed by atoms with van der Waals surface area (Å²) in [5, 5.41) is 15.2. The zero-order valence-electron chi connectivity index (χ0n) is 14.7. The van der Waals surface area contributed by atoms with E-state index in [0.29, 0.717) is 27.3 Å².